The van der Waals surface area contributed by atoms with E-state index in [1.165, 1.54) is 0 Å². The molecule has 2 unspecified atom stereocenters. The molecule has 0 saturated carbocycles. The highest BCUT2D eigenvalue weighted by molar-refractivity contribution is 9.10. The van der Waals surface area contributed by atoms with E-state index < -0.39 is 0 Å². The van der Waals surface area contributed by atoms with E-state index in [0.29, 0.717) is 17.2 Å². The first-order chi connectivity index (χ1) is 8.52. The number of rotatable bonds is 2. The largest absolute Gasteiger partial charge is 0.376 e. The van der Waals surface area contributed by atoms with E-state index in [2.05, 4.69) is 15.9 Å². The van der Waals surface area contributed by atoms with Crippen LogP contribution in [-0.4, -0.2) is 36.6 Å². The van der Waals surface area contributed by atoms with Crippen molar-refractivity contribution in [3.63, 3.8) is 0 Å². The summed E-state index contributed by atoms with van der Waals surface area (Å²) in [6.45, 7) is 2.69. The molecular weight excluding hydrogens is 318 g/mol. The van der Waals surface area contributed by atoms with Crippen LogP contribution in [0.2, 0.25) is 5.02 Å². The summed E-state index contributed by atoms with van der Waals surface area (Å²) in [5, 5.41) is 0.459. The number of carbonyl (C=O) groups excluding carboxylic acids is 1. The third-order valence-electron chi connectivity index (χ3n) is 3.34. The molecule has 1 aliphatic rings. The second kappa shape index (κ2) is 5.59. The van der Waals surface area contributed by atoms with E-state index in [0.717, 1.165) is 10.9 Å². The molecule has 18 heavy (non-hydrogen) atoms. The lowest BCUT2D eigenvalue weighted by molar-refractivity contribution is 0.0575. The van der Waals surface area contributed by atoms with Crippen LogP contribution in [0.1, 0.15) is 23.7 Å². The average Bonchev–Trinajstić information content (AvgIpc) is 2.77. The second-order valence-electron chi connectivity index (χ2n) is 4.45. The van der Waals surface area contributed by atoms with Crippen LogP contribution in [0.3, 0.4) is 0 Å². The predicted octanol–water partition coefficient (Wildman–Crippen LogP) is 3.35. The van der Waals surface area contributed by atoms with Crippen molar-refractivity contribution >= 4 is 33.4 Å². The standard InChI is InChI=1S/C13H15BrClNO2/c1-8-11(6-7-18-8)16(2)13(17)9-4-3-5-10(14)12(9)15/h3-5,8,11H,6-7H2,1-2H3. The van der Waals surface area contributed by atoms with Gasteiger partial charge in [0.25, 0.3) is 5.91 Å². The Balaban J connectivity index is 2.23. The molecule has 1 saturated heterocycles. The first kappa shape index (κ1) is 13.8. The van der Waals surface area contributed by atoms with Gasteiger partial charge in [0.1, 0.15) is 0 Å². The van der Waals surface area contributed by atoms with Crippen LogP contribution in [0.5, 0.6) is 0 Å². The number of likely N-dealkylation sites (N-methyl/N-ethyl adjacent to an activating group) is 1. The van der Waals surface area contributed by atoms with E-state index in [1.54, 1.807) is 18.0 Å². The van der Waals surface area contributed by atoms with Crippen molar-refractivity contribution in [2.45, 2.75) is 25.5 Å². The Morgan fingerprint density at radius 3 is 2.89 bits per heavy atom. The highest BCUT2D eigenvalue weighted by Gasteiger charge is 2.31. The minimum Gasteiger partial charge on any atom is -0.376 e. The SMILES string of the molecule is CC1OCCC1N(C)C(=O)c1cccc(Br)c1Cl. The van der Waals surface area contributed by atoms with E-state index >= 15 is 0 Å². The summed E-state index contributed by atoms with van der Waals surface area (Å²) in [4.78, 5) is 14.1. The molecule has 5 heteroatoms. The third kappa shape index (κ3) is 2.56. The molecule has 1 aromatic rings. The van der Waals surface area contributed by atoms with Gasteiger partial charge in [-0.15, -0.1) is 0 Å². The van der Waals surface area contributed by atoms with Gasteiger partial charge in [0.2, 0.25) is 0 Å². The maximum Gasteiger partial charge on any atom is 0.255 e. The van der Waals surface area contributed by atoms with E-state index in [4.69, 9.17) is 16.3 Å². The van der Waals surface area contributed by atoms with Crippen LogP contribution in [0, 0.1) is 0 Å². The highest BCUT2D eigenvalue weighted by Crippen LogP contribution is 2.28. The van der Waals surface area contributed by atoms with Crippen molar-refractivity contribution in [2.24, 2.45) is 0 Å². The minimum atomic E-state index is -0.0661. The predicted molar refractivity (Wildman–Crippen MR) is 75.1 cm³/mol. The van der Waals surface area contributed by atoms with Crippen molar-refractivity contribution < 1.29 is 9.53 Å². The van der Waals surface area contributed by atoms with Crippen LogP contribution in [0.4, 0.5) is 0 Å². The number of hydrogen-bond acceptors (Lipinski definition) is 2. The number of hydrogen-bond donors (Lipinski definition) is 0. The Morgan fingerprint density at radius 2 is 2.28 bits per heavy atom. The summed E-state index contributed by atoms with van der Waals surface area (Å²) in [5.74, 6) is -0.0661. The molecule has 2 atom stereocenters. The topological polar surface area (TPSA) is 29.5 Å². The van der Waals surface area contributed by atoms with Crippen LogP contribution in [-0.2, 0) is 4.74 Å². The molecule has 0 spiro atoms. The van der Waals surface area contributed by atoms with Crippen LogP contribution in [0.25, 0.3) is 0 Å². The molecular formula is C13H15BrClNO2. The van der Waals surface area contributed by atoms with Crippen LogP contribution < -0.4 is 0 Å². The minimum absolute atomic E-state index is 0.0661. The van der Waals surface area contributed by atoms with Crippen LogP contribution in [0.15, 0.2) is 22.7 Å². The quantitative estimate of drug-likeness (QED) is 0.831. The number of benzene rings is 1. The van der Waals surface area contributed by atoms with E-state index in [-0.39, 0.29) is 18.1 Å². The van der Waals surface area contributed by atoms with Crippen molar-refractivity contribution in [1.82, 2.24) is 4.90 Å². The van der Waals surface area contributed by atoms with Gasteiger partial charge >= 0.3 is 0 Å². The molecule has 1 fully saturated rings. The van der Waals surface area contributed by atoms with E-state index in [1.807, 2.05) is 19.1 Å². The van der Waals surface area contributed by atoms with Crippen LogP contribution >= 0.6 is 27.5 Å². The lowest BCUT2D eigenvalue weighted by atomic mass is 10.1. The normalized spacial score (nSPS) is 23.1. The monoisotopic (exact) mass is 331 g/mol. The van der Waals surface area contributed by atoms with Crippen molar-refractivity contribution in [2.75, 3.05) is 13.7 Å². The molecule has 0 N–H and O–H groups in total. The number of nitrogens with zero attached hydrogens (tertiary/aromatic N) is 1. The summed E-state index contributed by atoms with van der Waals surface area (Å²) in [6, 6.07) is 5.49. The third-order valence-corrected chi connectivity index (χ3v) is 4.63. The molecule has 0 aliphatic carbocycles. The van der Waals surface area contributed by atoms with Gasteiger partial charge in [0, 0.05) is 18.1 Å². The van der Waals surface area contributed by atoms with E-state index in [9.17, 15) is 4.79 Å². The summed E-state index contributed by atoms with van der Waals surface area (Å²) >= 11 is 9.48. The fraction of sp³-hybridized carbons (Fsp3) is 0.462. The zero-order chi connectivity index (χ0) is 13.3. The summed E-state index contributed by atoms with van der Waals surface area (Å²) in [5.41, 5.74) is 0.521. The van der Waals surface area contributed by atoms with Gasteiger partial charge in [0.15, 0.2) is 0 Å². The molecule has 0 bridgehead atoms. The number of ether oxygens (including phenoxy) is 1. The molecule has 2 rings (SSSR count). The van der Waals surface area contributed by atoms with Gasteiger partial charge in [-0.25, -0.2) is 0 Å². The number of halogens is 2. The Hall–Kier alpha value is -0.580. The molecule has 3 nitrogen and oxygen atoms in total. The maximum absolute atomic E-state index is 12.4. The Bertz CT molecular complexity index is 466. The van der Waals surface area contributed by atoms with Gasteiger partial charge in [-0.05, 0) is 41.4 Å². The van der Waals surface area contributed by atoms with Gasteiger partial charge in [-0.2, -0.15) is 0 Å². The summed E-state index contributed by atoms with van der Waals surface area (Å²) in [6.07, 6.45) is 0.944. The fourth-order valence-corrected chi connectivity index (χ4v) is 2.81. The molecule has 0 radical (unpaired) electrons. The zero-order valence-corrected chi connectivity index (χ0v) is 12.7. The highest BCUT2D eigenvalue weighted by atomic mass is 79.9. The molecule has 1 amide bonds. The van der Waals surface area contributed by atoms with Crippen molar-refractivity contribution in [1.29, 1.82) is 0 Å². The Kier molecular flexibility index (Phi) is 4.30. The molecule has 1 heterocycles. The fourth-order valence-electron chi connectivity index (χ4n) is 2.24. The number of carbonyl (C=O) groups is 1. The Morgan fingerprint density at radius 1 is 1.56 bits per heavy atom. The van der Waals surface area contributed by atoms with Crippen molar-refractivity contribution in [3.05, 3.63) is 33.3 Å². The smallest absolute Gasteiger partial charge is 0.255 e. The molecule has 98 valence electrons. The number of amides is 1. The molecule has 0 aromatic heterocycles. The molecule has 1 aromatic carbocycles. The first-order valence-electron chi connectivity index (χ1n) is 5.85. The maximum atomic E-state index is 12.4. The molecule has 1 aliphatic heterocycles. The first-order valence-corrected chi connectivity index (χ1v) is 7.02. The van der Waals surface area contributed by atoms with Gasteiger partial charge in [0.05, 0.1) is 22.7 Å². The Labute approximate surface area is 120 Å². The zero-order valence-electron chi connectivity index (χ0n) is 10.3. The lowest BCUT2D eigenvalue weighted by Crippen LogP contribution is -2.41. The van der Waals surface area contributed by atoms with Crippen molar-refractivity contribution in [3.8, 4) is 0 Å². The summed E-state index contributed by atoms with van der Waals surface area (Å²) in [7, 11) is 1.80. The second-order valence-corrected chi connectivity index (χ2v) is 5.68. The lowest BCUT2D eigenvalue weighted by Gasteiger charge is -2.27. The van der Waals surface area contributed by atoms with Gasteiger partial charge in [-0.3, -0.25) is 4.79 Å². The average molecular weight is 333 g/mol. The summed E-state index contributed by atoms with van der Waals surface area (Å²) < 4.78 is 6.23. The van der Waals surface area contributed by atoms with Gasteiger partial charge in [-0.1, -0.05) is 17.7 Å². The van der Waals surface area contributed by atoms with Gasteiger partial charge < -0.3 is 9.64 Å².